The summed E-state index contributed by atoms with van der Waals surface area (Å²) >= 11 is 0. The van der Waals surface area contributed by atoms with Gasteiger partial charge in [0.05, 0.1) is 16.6 Å². The van der Waals surface area contributed by atoms with Gasteiger partial charge in [0.2, 0.25) is 0 Å². The molecule has 0 bridgehead atoms. The molecule has 0 unspecified atom stereocenters. The lowest BCUT2D eigenvalue weighted by Crippen LogP contribution is -2.04. The number of nitrogens with one attached hydrogen (secondary N) is 1. The zero-order chi connectivity index (χ0) is 22.2. The van der Waals surface area contributed by atoms with Crippen LogP contribution in [0.25, 0.3) is 33.4 Å². The Hall–Kier alpha value is -3.72. The van der Waals surface area contributed by atoms with E-state index >= 15 is 0 Å². The van der Waals surface area contributed by atoms with E-state index in [0.717, 1.165) is 22.7 Å². The average molecular weight is 426 g/mol. The topological polar surface area (TPSA) is 85.6 Å². The maximum absolute atomic E-state index is 14.7. The van der Waals surface area contributed by atoms with Gasteiger partial charge in [-0.15, -0.1) is 0 Å². The van der Waals surface area contributed by atoms with Crippen LogP contribution in [-0.4, -0.2) is 20.3 Å². The number of phenolic OH excluding ortho intramolecular Hbond substituents is 1. The highest BCUT2D eigenvalue weighted by Crippen LogP contribution is 2.40. The Kier molecular flexibility index (Phi) is 5.10. The number of fused-ring (bicyclic) bond motifs is 1. The number of aromatic hydroxyl groups is 1. The molecule has 0 atom stereocenters. The van der Waals surface area contributed by atoms with Crippen LogP contribution in [-0.2, 0) is 0 Å². The van der Waals surface area contributed by atoms with Gasteiger partial charge in [-0.05, 0) is 48.9 Å². The van der Waals surface area contributed by atoms with Crippen LogP contribution in [0.1, 0.15) is 54.8 Å². The molecule has 2 N–H and O–H groups in total. The number of rotatable bonds is 3. The summed E-state index contributed by atoms with van der Waals surface area (Å²) in [5.41, 5.74) is 4.78. The lowest BCUT2D eigenvalue weighted by Gasteiger charge is -2.22. The fraction of sp³-hybridized carbons (Fsp3) is 0.269. The predicted octanol–water partition coefficient (Wildman–Crippen LogP) is 6.36. The van der Waals surface area contributed by atoms with Gasteiger partial charge in [-0.25, -0.2) is 9.37 Å². The third-order valence-corrected chi connectivity index (χ3v) is 6.48. The minimum Gasteiger partial charge on any atom is -0.508 e. The molecule has 0 saturated heterocycles. The highest BCUT2D eigenvalue weighted by atomic mass is 19.1. The molecule has 1 saturated carbocycles. The van der Waals surface area contributed by atoms with Crippen molar-refractivity contribution in [3.05, 3.63) is 65.1 Å². The molecule has 1 aliphatic rings. The number of halogens is 1. The van der Waals surface area contributed by atoms with E-state index in [9.17, 15) is 14.8 Å². The molecular formula is C26H23FN4O. The van der Waals surface area contributed by atoms with Crippen molar-refractivity contribution in [2.45, 2.75) is 44.9 Å². The van der Waals surface area contributed by atoms with Gasteiger partial charge in [-0.3, -0.25) is 5.10 Å². The second-order valence-corrected chi connectivity index (χ2v) is 8.49. The van der Waals surface area contributed by atoms with Gasteiger partial charge in [-0.2, -0.15) is 10.4 Å². The second kappa shape index (κ2) is 8.08. The Morgan fingerprint density at radius 2 is 1.84 bits per heavy atom. The van der Waals surface area contributed by atoms with Crippen LogP contribution in [0.4, 0.5) is 4.39 Å². The molecule has 0 radical (unpaired) electrons. The number of phenols is 1. The lowest BCUT2D eigenvalue weighted by atomic mass is 9.83. The van der Waals surface area contributed by atoms with Crippen molar-refractivity contribution in [3.63, 3.8) is 0 Å². The summed E-state index contributed by atoms with van der Waals surface area (Å²) in [5, 5.41) is 27.7. The summed E-state index contributed by atoms with van der Waals surface area (Å²) in [5.74, 6) is -0.234. The summed E-state index contributed by atoms with van der Waals surface area (Å²) < 4.78 is 14.7. The van der Waals surface area contributed by atoms with Crippen molar-refractivity contribution in [1.82, 2.24) is 15.2 Å². The van der Waals surface area contributed by atoms with Crippen LogP contribution < -0.4 is 0 Å². The first-order valence-corrected chi connectivity index (χ1v) is 10.9. The molecular weight excluding hydrogens is 403 g/mol. The van der Waals surface area contributed by atoms with E-state index in [1.807, 2.05) is 19.1 Å². The normalized spacial score (nSPS) is 14.5. The predicted molar refractivity (Wildman–Crippen MR) is 122 cm³/mol. The first-order valence-electron chi connectivity index (χ1n) is 10.9. The standard InChI is InChI=1S/C26H23FN4O/c1-15-23-24(18-9-7-17(8-10-18)16-5-3-2-4-6-16)21(14-28)25(29-26(23)31-30-15)20-12-11-19(32)13-22(20)27/h7-13,16,32H,2-6H2,1H3,(H,29,30,31). The maximum atomic E-state index is 14.7. The lowest BCUT2D eigenvalue weighted by molar-refractivity contribution is 0.443. The largest absolute Gasteiger partial charge is 0.508 e. The van der Waals surface area contributed by atoms with Crippen LogP contribution in [0.15, 0.2) is 42.5 Å². The number of pyridine rings is 1. The van der Waals surface area contributed by atoms with E-state index < -0.39 is 5.82 Å². The van der Waals surface area contributed by atoms with Gasteiger partial charge < -0.3 is 5.11 Å². The molecule has 0 amide bonds. The molecule has 0 aliphatic heterocycles. The van der Waals surface area contributed by atoms with Crippen molar-refractivity contribution in [2.24, 2.45) is 0 Å². The van der Waals surface area contributed by atoms with Gasteiger partial charge in [0.15, 0.2) is 5.65 Å². The summed E-state index contributed by atoms with van der Waals surface area (Å²) in [4.78, 5) is 4.52. The van der Waals surface area contributed by atoms with Crippen LogP contribution in [0.3, 0.4) is 0 Å². The minimum absolute atomic E-state index is 0.155. The van der Waals surface area contributed by atoms with Crippen molar-refractivity contribution in [3.8, 4) is 34.2 Å². The Bertz CT molecular complexity index is 1350. The number of nitriles is 1. The Morgan fingerprint density at radius 3 is 2.53 bits per heavy atom. The summed E-state index contributed by atoms with van der Waals surface area (Å²) in [6.45, 7) is 1.89. The monoisotopic (exact) mass is 426 g/mol. The van der Waals surface area contributed by atoms with Gasteiger partial charge >= 0.3 is 0 Å². The third-order valence-electron chi connectivity index (χ3n) is 6.48. The SMILES string of the molecule is Cc1[nH]nc2nc(-c3ccc(O)cc3F)c(C#N)c(-c3ccc(C4CCCCC4)cc3)c12. The number of benzene rings is 2. The molecule has 160 valence electrons. The number of aromatic amines is 1. The van der Waals surface area contributed by atoms with Crippen LogP contribution >= 0.6 is 0 Å². The molecule has 2 aromatic carbocycles. The van der Waals surface area contributed by atoms with Crippen LogP contribution in [0, 0.1) is 24.1 Å². The molecule has 32 heavy (non-hydrogen) atoms. The molecule has 1 fully saturated rings. The van der Waals surface area contributed by atoms with E-state index in [2.05, 4.69) is 33.4 Å². The molecule has 1 aliphatic carbocycles. The van der Waals surface area contributed by atoms with Gasteiger partial charge in [0.1, 0.15) is 17.6 Å². The quantitative estimate of drug-likeness (QED) is 0.399. The van der Waals surface area contributed by atoms with Gasteiger partial charge in [-0.1, -0.05) is 43.5 Å². The molecule has 5 nitrogen and oxygen atoms in total. The fourth-order valence-corrected chi connectivity index (χ4v) is 4.85. The average Bonchev–Trinajstić information content (AvgIpc) is 3.19. The molecule has 2 aromatic heterocycles. The maximum Gasteiger partial charge on any atom is 0.182 e. The van der Waals surface area contributed by atoms with E-state index in [-0.39, 0.29) is 22.6 Å². The number of hydrogen-bond donors (Lipinski definition) is 2. The number of H-pyrrole nitrogens is 1. The third kappa shape index (κ3) is 3.40. The number of nitrogens with zero attached hydrogens (tertiary/aromatic N) is 3. The summed E-state index contributed by atoms with van der Waals surface area (Å²) in [7, 11) is 0. The smallest absolute Gasteiger partial charge is 0.182 e. The van der Waals surface area contributed by atoms with E-state index in [0.29, 0.717) is 17.1 Å². The first-order chi connectivity index (χ1) is 15.6. The van der Waals surface area contributed by atoms with Gasteiger partial charge in [0, 0.05) is 22.9 Å². The highest BCUT2D eigenvalue weighted by Gasteiger charge is 2.23. The van der Waals surface area contributed by atoms with E-state index in [1.165, 1.54) is 49.8 Å². The summed E-state index contributed by atoms with van der Waals surface area (Å²) in [6, 6.07) is 14.5. The highest BCUT2D eigenvalue weighted by molar-refractivity contribution is 6.00. The van der Waals surface area contributed by atoms with Crippen molar-refractivity contribution in [2.75, 3.05) is 0 Å². The van der Waals surface area contributed by atoms with E-state index in [1.54, 1.807) is 0 Å². The number of aromatic nitrogens is 3. The van der Waals surface area contributed by atoms with Crippen molar-refractivity contribution >= 4 is 11.0 Å². The second-order valence-electron chi connectivity index (χ2n) is 8.49. The van der Waals surface area contributed by atoms with Gasteiger partial charge in [0.25, 0.3) is 0 Å². The fourth-order valence-electron chi connectivity index (χ4n) is 4.85. The van der Waals surface area contributed by atoms with Crippen LogP contribution in [0.2, 0.25) is 0 Å². The number of hydrogen-bond acceptors (Lipinski definition) is 4. The molecule has 0 spiro atoms. The summed E-state index contributed by atoms with van der Waals surface area (Å²) in [6.07, 6.45) is 6.28. The van der Waals surface area contributed by atoms with Crippen LogP contribution in [0.5, 0.6) is 5.75 Å². The van der Waals surface area contributed by atoms with Crippen molar-refractivity contribution in [1.29, 1.82) is 5.26 Å². The Balaban J connectivity index is 1.71. The zero-order valence-corrected chi connectivity index (χ0v) is 17.8. The zero-order valence-electron chi connectivity index (χ0n) is 17.8. The molecule has 5 rings (SSSR count). The Labute approximate surface area is 185 Å². The minimum atomic E-state index is -0.640. The molecule has 4 aromatic rings. The Morgan fingerprint density at radius 1 is 1.09 bits per heavy atom. The molecule has 2 heterocycles. The number of aryl methyl sites for hydroxylation is 1. The van der Waals surface area contributed by atoms with E-state index in [4.69, 9.17) is 0 Å². The first kappa shape index (κ1) is 20.2. The van der Waals surface area contributed by atoms with Crippen molar-refractivity contribution < 1.29 is 9.50 Å². The molecule has 6 heteroatoms.